The number of piperidine rings is 1. The number of ether oxygens (including phenoxy) is 1. The number of piperazine rings is 1. The first-order chi connectivity index (χ1) is 12.7. The van der Waals surface area contributed by atoms with Crippen molar-refractivity contribution in [3.63, 3.8) is 0 Å². The Morgan fingerprint density at radius 3 is 2.77 bits per heavy atom. The van der Waals surface area contributed by atoms with Crippen LogP contribution in [-0.4, -0.2) is 52.7 Å². The summed E-state index contributed by atoms with van der Waals surface area (Å²) >= 11 is 0. The second kappa shape index (κ2) is 6.82. The predicted octanol–water partition coefficient (Wildman–Crippen LogP) is 2.68. The molecule has 3 fully saturated rings. The van der Waals surface area contributed by atoms with E-state index < -0.39 is 0 Å². The van der Waals surface area contributed by atoms with Crippen molar-refractivity contribution in [1.82, 2.24) is 14.9 Å². The van der Waals surface area contributed by atoms with Gasteiger partial charge in [-0.15, -0.1) is 0 Å². The minimum atomic E-state index is -0.0584. The van der Waals surface area contributed by atoms with Crippen molar-refractivity contribution in [2.24, 2.45) is 0 Å². The first-order valence-electron chi connectivity index (χ1n) is 9.01. The van der Waals surface area contributed by atoms with Crippen molar-refractivity contribution < 1.29 is 9.53 Å². The quantitative estimate of drug-likeness (QED) is 0.915. The average molecular weight is 353 g/mol. The highest BCUT2D eigenvalue weighted by molar-refractivity contribution is 5.92. The van der Waals surface area contributed by atoms with E-state index in [1.54, 1.807) is 6.20 Å². The molecule has 2 unspecified atom stereocenters. The smallest absolute Gasteiger partial charge is 0.322 e. The van der Waals surface area contributed by atoms with Crippen molar-refractivity contribution in [2.75, 3.05) is 29.9 Å². The standard InChI is InChI=1S/C19H23N5O2/c1-3-26-17-7-5-4-6-16(17)22-19(25)24-14-10-15(24)12-23(11-14)18-8-9-20-13(2)21-18/h4-9,14-15H,3,10-12H2,1-2H3,(H,22,25). The molecule has 0 saturated carbocycles. The van der Waals surface area contributed by atoms with E-state index in [2.05, 4.69) is 20.2 Å². The third-order valence-corrected chi connectivity index (χ3v) is 4.94. The molecular formula is C19H23N5O2. The van der Waals surface area contributed by atoms with Crippen LogP contribution in [0, 0.1) is 6.92 Å². The first kappa shape index (κ1) is 16.6. The van der Waals surface area contributed by atoms with Crippen LogP contribution in [0.5, 0.6) is 5.75 Å². The Morgan fingerprint density at radius 2 is 2.04 bits per heavy atom. The van der Waals surface area contributed by atoms with Gasteiger partial charge in [0.2, 0.25) is 0 Å². The van der Waals surface area contributed by atoms with Gasteiger partial charge in [-0.2, -0.15) is 0 Å². The van der Waals surface area contributed by atoms with Gasteiger partial charge in [-0.3, -0.25) is 0 Å². The number of rotatable bonds is 4. The van der Waals surface area contributed by atoms with Crippen molar-refractivity contribution >= 4 is 17.5 Å². The summed E-state index contributed by atoms with van der Waals surface area (Å²) in [6.45, 7) is 5.99. The predicted molar refractivity (Wildman–Crippen MR) is 99.6 cm³/mol. The van der Waals surface area contributed by atoms with Gasteiger partial charge in [0.1, 0.15) is 17.4 Å². The van der Waals surface area contributed by atoms with Crippen LogP contribution in [0.2, 0.25) is 0 Å². The number of fused-ring (bicyclic) bond motifs is 2. The van der Waals surface area contributed by atoms with Crippen LogP contribution in [-0.2, 0) is 0 Å². The van der Waals surface area contributed by atoms with Gasteiger partial charge in [-0.25, -0.2) is 14.8 Å². The lowest BCUT2D eigenvalue weighted by Crippen LogP contribution is -2.71. The Bertz CT molecular complexity index is 800. The first-order valence-corrected chi connectivity index (χ1v) is 9.01. The number of aryl methyl sites for hydroxylation is 1. The molecule has 0 radical (unpaired) electrons. The van der Waals surface area contributed by atoms with E-state index in [1.807, 2.05) is 49.1 Å². The third kappa shape index (κ3) is 3.05. The number of nitrogens with zero attached hydrogens (tertiary/aromatic N) is 4. The summed E-state index contributed by atoms with van der Waals surface area (Å²) in [4.78, 5) is 25.6. The molecule has 2 aromatic rings. The molecule has 7 heteroatoms. The largest absolute Gasteiger partial charge is 0.492 e. The minimum Gasteiger partial charge on any atom is -0.492 e. The van der Waals surface area contributed by atoms with Crippen molar-refractivity contribution in [3.05, 3.63) is 42.4 Å². The Hall–Kier alpha value is -2.83. The zero-order valence-electron chi connectivity index (χ0n) is 15.1. The molecule has 3 aliphatic heterocycles. The van der Waals surface area contributed by atoms with E-state index in [-0.39, 0.29) is 18.1 Å². The molecular weight excluding hydrogens is 330 g/mol. The minimum absolute atomic E-state index is 0.0584. The number of hydrogen-bond acceptors (Lipinski definition) is 5. The number of urea groups is 1. The summed E-state index contributed by atoms with van der Waals surface area (Å²) in [5.41, 5.74) is 0.715. The molecule has 1 aromatic carbocycles. The monoisotopic (exact) mass is 353 g/mol. The van der Waals surface area contributed by atoms with E-state index in [0.717, 1.165) is 31.2 Å². The van der Waals surface area contributed by atoms with Gasteiger partial charge >= 0.3 is 6.03 Å². The van der Waals surface area contributed by atoms with Gasteiger partial charge < -0.3 is 19.9 Å². The molecule has 2 amide bonds. The average Bonchev–Trinajstić information content (AvgIpc) is 2.63. The second-order valence-electron chi connectivity index (χ2n) is 6.68. The van der Waals surface area contributed by atoms with Gasteiger partial charge in [-0.1, -0.05) is 12.1 Å². The summed E-state index contributed by atoms with van der Waals surface area (Å²) < 4.78 is 5.59. The van der Waals surface area contributed by atoms with E-state index in [1.165, 1.54) is 0 Å². The Morgan fingerprint density at radius 1 is 1.27 bits per heavy atom. The fourth-order valence-electron chi connectivity index (χ4n) is 3.78. The number of hydrogen-bond donors (Lipinski definition) is 1. The molecule has 0 spiro atoms. The number of anilines is 2. The zero-order valence-corrected chi connectivity index (χ0v) is 15.1. The Labute approximate surface area is 153 Å². The fourth-order valence-corrected chi connectivity index (χ4v) is 3.78. The van der Waals surface area contributed by atoms with Crippen LogP contribution in [0.3, 0.4) is 0 Å². The summed E-state index contributed by atoms with van der Waals surface area (Å²) in [6, 6.07) is 9.84. The molecule has 4 heterocycles. The van der Waals surface area contributed by atoms with Gasteiger partial charge in [0.15, 0.2) is 0 Å². The van der Waals surface area contributed by atoms with E-state index in [9.17, 15) is 4.79 Å². The number of benzene rings is 1. The van der Waals surface area contributed by atoms with Crippen molar-refractivity contribution in [2.45, 2.75) is 32.4 Å². The molecule has 26 heavy (non-hydrogen) atoms. The lowest BCUT2D eigenvalue weighted by atomic mass is 9.88. The van der Waals surface area contributed by atoms with E-state index in [0.29, 0.717) is 18.0 Å². The molecule has 2 bridgehead atoms. The van der Waals surface area contributed by atoms with Crippen molar-refractivity contribution in [1.29, 1.82) is 0 Å². The molecule has 7 nitrogen and oxygen atoms in total. The molecule has 2 atom stereocenters. The highest BCUT2D eigenvalue weighted by atomic mass is 16.5. The number of aromatic nitrogens is 2. The molecule has 5 rings (SSSR count). The summed E-state index contributed by atoms with van der Waals surface area (Å²) in [6.07, 6.45) is 2.83. The Kier molecular flexibility index (Phi) is 4.36. The summed E-state index contributed by atoms with van der Waals surface area (Å²) in [7, 11) is 0. The maximum absolute atomic E-state index is 12.8. The van der Waals surface area contributed by atoms with Crippen LogP contribution >= 0.6 is 0 Å². The summed E-state index contributed by atoms with van der Waals surface area (Å²) in [5, 5.41) is 3.01. The number of carbonyl (C=O) groups is 1. The van der Waals surface area contributed by atoms with Crippen LogP contribution in [0.1, 0.15) is 19.2 Å². The highest BCUT2D eigenvalue weighted by Gasteiger charge is 2.47. The zero-order chi connectivity index (χ0) is 18.1. The van der Waals surface area contributed by atoms with Gasteiger partial charge in [0.25, 0.3) is 0 Å². The molecule has 136 valence electrons. The van der Waals surface area contributed by atoms with Gasteiger partial charge in [-0.05, 0) is 38.5 Å². The SMILES string of the molecule is CCOc1ccccc1NC(=O)N1C2CC1CN(c1ccnc(C)n1)C2. The second-order valence-corrected chi connectivity index (χ2v) is 6.68. The van der Waals surface area contributed by atoms with Crippen molar-refractivity contribution in [3.8, 4) is 5.75 Å². The lowest BCUT2D eigenvalue weighted by molar-refractivity contribution is 0.0436. The molecule has 1 aromatic heterocycles. The molecule has 1 N–H and O–H groups in total. The Balaban J connectivity index is 1.42. The van der Waals surface area contributed by atoms with Crippen LogP contribution < -0.4 is 15.0 Å². The number of carbonyl (C=O) groups excluding carboxylic acids is 1. The van der Waals surface area contributed by atoms with Crippen LogP contribution in [0.4, 0.5) is 16.3 Å². The number of nitrogens with one attached hydrogen (secondary N) is 1. The molecule has 0 aliphatic carbocycles. The van der Waals surface area contributed by atoms with E-state index in [4.69, 9.17) is 4.74 Å². The lowest BCUT2D eigenvalue weighted by Gasteiger charge is -2.56. The van der Waals surface area contributed by atoms with Gasteiger partial charge in [0.05, 0.1) is 24.4 Å². The van der Waals surface area contributed by atoms with Crippen LogP contribution in [0.25, 0.3) is 0 Å². The number of amides is 2. The van der Waals surface area contributed by atoms with E-state index >= 15 is 0 Å². The maximum Gasteiger partial charge on any atom is 0.322 e. The topological polar surface area (TPSA) is 70.6 Å². The number of para-hydroxylation sites is 2. The molecule has 3 aliphatic rings. The normalized spacial score (nSPS) is 21.2. The van der Waals surface area contributed by atoms with Crippen LogP contribution in [0.15, 0.2) is 36.5 Å². The highest BCUT2D eigenvalue weighted by Crippen LogP contribution is 2.35. The summed E-state index contributed by atoms with van der Waals surface area (Å²) in [5.74, 6) is 2.41. The van der Waals surface area contributed by atoms with Gasteiger partial charge in [0, 0.05) is 19.3 Å². The maximum atomic E-state index is 12.8. The fraction of sp³-hybridized carbons (Fsp3) is 0.421. The molecule has 3 saturated heterocycles. The third-order valence-electron chi connectivity index (χ3n) is 4.94.